The summed E-state index contributed by atoms with van der Waals surface area (Å²) >= 11 is 7.03. The van der Waals surface area contributed by atoms with E-state index in [1.807, 2.05) is 30.3 Å². The molecule has 0 aliphatic carbocycles. The Bertz CT molecular complexity index is 604. The molecule has 0 bridgehead atoms. The second kappa shape index (κ2) is 12.1. The van der Waals surface area contributed by atoms with Crippen LogP contribution in [0.2, 0.25) is 0 Å². The Hall–Kier alpha value is -0.330. The highest BCUT2D eigenvalue weighted by atomic mass is 79.9. The Balaban J connectivity index is 0.00000288. The molecule has 1 aromatic heterocycles. The van der Waals surface area contributed by atoms with Gasteiger partial charge in [-0.3, -0.25) is 0 Å². The molecule has 0 saturated heterocycles. The number of hydrogen-bond donors (Lipinski definition) is 1. The van der Waals surface area contributed by atoms with Crippen LogP contribution in [-0.2, 0) is 11.3 Å². The van der Waals surface area contributed by atoms with E-state index in [9.17, 15) is 0 Å². The van der Waals surface area contributed by atoms with Crippen molar-refractivity contribution in [2.45, 2.75) is 32.7 Å². The minimum absolute atomic E-state index is 0. The second-order valence-corrected chi connectivity index (χ2v) is 7.16. The van der Waals surface area contributed by atoms with Crippen LogP contribution in [0.25, 0.3) is 11.3 Å². The van der Waals surface area contributed by atoms with Gasteiger partial charge in [0.1, 0.15) is 11.5 Å². The zero-order valence-electron chi connectivity index (χ0n) is 13.8. The molecule has 134 valence electrons. The number of nitrogens with one attached hydrogen (secondary N) is 1. The van der Waals surface area contributed by atoms with Crippen molar-refractivity contribution >= 4 is 44.3 Å². The summed E-state index contributed by atoms with van der Waals surface area (Å²) in [4.78, 5) is 0. The fourth-order valence-corrected chi connectivity index (χ4v) is 3.41. The maximum absolute atomic E-state index is 5.91. The SMILES string of the molecule is CCCCOCCCNCc1ccc(-c2ccc(Br)cc2Br)o1.Cl. The lowest BCUT2D eigenvalue weighted by Crippen LogP contribution is -2.16. The normalized spacial score (nSPS) is 10.6. The molecular weight excluding hydrogens is 457 g/mol. The molecule has 0 radical (unpaired) electrons. The van der Waals surface area contributed by atoms with Crippen molar-refractivity contribution in [3.63, 3.8) is 0 Å². The number of hydrogen-bond acceptors (Lipinski definition) is 3. The Morgan fingerprint density at radius 1 is 1.08 bits per heavy atom. The molecule has 3 nitrogen and oxygen atoms in total. The van der Waals surface area contributed by atoms with Crippen molar-refractivity contribution in [2.75, 3.05) is 19.8 Å². The van der Waals surface area contributed by atoms with E-state index in [4.69, 9.17) is 9.15 Å². The molecular formula is C18H24Br2ClNO2. The Kier molecular flexibility index (Phi) is 10.9. The number of rotatable bonds is 10. The van der Waals surface area contributed by atoms with Gasteiger partial charge in [-0.15, -0.1) is 12.4 Å². The summed E-state index contributed by atoms with van der Waals surface area (Å²) in [5.74, 6) is 1.82. The highest BCUT2D eigenvalue weighted by Gasteiger charge is 2.08. The Morgan fingerprint density at radius 3 is 2.62 bits per heavy atom. The summed E-state index contributed by atoms with van der Waals surface area (Å²) in [7, 11) is 0. The van der Waals surface area contributed by atoms with E-state index in [-0.39, 0.29) is 12.4 Å². The lowest BCUT2D eigenvalue weighted by Gasteiger charge is -2.05. The maximum atomic E-state index is 5.91. The zero-order valence-corrected chi connectivity index (χ0v) is 17.8. The van der Waals surface area contributed by atoms with Gasteiger partial charge in [-0.2, -0.15) is 0 Å². The maximum Gasteiger partial charge on any atom is 0.135 e. The van der Waals surface area contributed by atoms with Crippen LogP contribution < -0.4 is 5.32 Å². The van der Waals surface area contributed by atoms with Crippen LogP contribution >= 0.6 is 44.3 Å². The summed E-state index contributed by atoms with van der Waals surface area (Å²) < 4.78 is 13.5. The van der Waals surface area contributed by atoms with Crippen molar-refractivity contribution in [1.29, 1.82) is 0 Å². The molecule has 0 saturated carbocycles. The molecule has 2 rings (SSSR count). The van der Waals surface area contributed by atoms with Gasteiger partial charge < -0.3 is 14.5 Å². The van der Waals surface area contributed by atoms with E-state index in [1.165, 1.54) is 6.42 Å². The monoisotopic (exact) mass is 479 g/mol. The predicted molar refractivity (Wildman–Crippen MR) is 109 cm³/mol. The first-order valence-electron chi connectivity index (χ1n) is 8.03. The average molecular weight is 482 g/mol. The summed E-state index contributed by atoms with van der Waals surface area (Å²) in [6.45, 7) is 5.55. The van der Waals surface area contributed by atoms with Crippen LogP contribution in [-0.4, -0.2) is 19.8 Å². The van der Waals surface area contributed by atoms with E-state index in [0.29, 0.717) is 0 Å². The number of halogens is 3. The van der Waals surface area contributed by atoms with Crippen molar-refractivity contribution in [2.24, 2.45) is 0 Å². The molecule has 0 fully saturated rings. The highest BCUT2D eigenvalue weighted by Crippen LogP contribution is 2.31. The van der Waals surface area contributed by atoms with E-state index >= 15 is 0 Å². The lowest BCUT2D eigenvalue weighted by atomic mass is 10.2. The molecule has 0 spiro atoms. The van der Waals surface area contributed by atoms with Gasteiger partial charge in [-0.1, -0.05) is 29.3 Å². The average Bonchev–Trinajstić information content (AvgIpc) is 2.98. The van der Waals surface area contributed by atoms with Crippen LogP contribution in [0.3, 0.4) is 0 Å². The standard InChI is InChI=1S/C18H23Br2NO2.ClH/c1-2-3-10-22-11-4-9-21-13-15-6-8-18(23-15)16-7-5-14(19)12-17(16)20;/h5-8,12,21H,2-4,9-11,13H2,1H3;1H. The van der Waals surface area contributed by atoms with E-state index in [0.717, 1.165) is 65.2 Å². The number of ether oxygens (including phenoxy) is 1. The first-order chi connectivity index (χ1) is 11.2. The molecule has 0 aliphatic rings. The zero-order chi connectivity index (χ0) is 16.5. The van der Waals surface area contributed by atoms with Gasteiger partial charge in [0.25, 0.3) is 0 Å². The van der Waals surface area contributed by atoms with Crippen LogP contribution in [0.4, 0.5) is 0 Å². The van der Waals surface area contributed by atoms with Gasteiger partial charge >= 0.3 is 0 Å². The van der Waals surface area contributed by atoms with Crippen molar-refractivity contribution in [3.05, 3.63) is 45.0 Å². The number of unbranched alkanes of at least 4 members (excludes halogenated alkanes) is 1. The molecule has 0 aliphatic heterocycles. The van der Waals surface area contributed by atoms with Gasteiger partial charge in [-0.05, 0) is 65.6 Å². The van der Waals surface area contributed by atoms with Gasteiger partial charge in [0, 0.05) is 27.7 Å². The van der Waals surface area contributed by atoms with Gasteiger partial charge in [0.15, 0.2) is 0 Å². The third-order valence-electron chi connectivity index (χ3n) is 3.44. The lowest BCUT2D eigenvalue weighted by molar-refractivity contribution is 0.128. The first-order valence-corrected chi connectivity index (χ1v) is 9.62. The van der Waals surface area contributed by atoms with Crippen molar-refractivity contribution in [1.82, 2.24) is 5.32 Å². The van der Waals surface area contributed by atoms with Gasteiger partial charge in [0.05, 0.1) is 6.54 Å². The minimum Gasteiger partial charge on any atom is -0.460 e. The van der Waals surface area contributed by atoms with E-state index < -0.39 is 0 Å². The Labute approximate surface area is 167 Å². The molecule has 0 unspecified atom stereocenters. The predicted octanol–water partition coefficient (Wildman–Crippen LogP) is 6.19. The van der Waals surface area contributed by atoms with Crippen LogP contribution in [0.15, 0.2) is 43.7 Å². The molecule has 1 N–H and O–H groups in total. The number of benzene rings is 1. The first kappa shape index (κ1) is 21.7. The molecule has 1 aromatic carbocycles. The quantitative estimate of drug-likeness (QED) is 0.411. The topological polar surface area (TPSA) is 34.4 Å². The van der Waals surface area contributed by atoms with Crippen LogP contribution in [0.5, 0.6) is 0 Å². The highest BCUT2D eigenvalue weighted by molar-refractivity contribution is 9.11. The third-order valence-corrected chi connectivity index (χ3v) is 4.59. The van der Waals surface area contributed by atoms with Crippen molar-refractivity contribution < 1.29 is 9.15 Å². The van der Waals surface area contributed by atoms with Gasteiger partial charge in [-0.25, -0.2) is 0 Å². The molecule has 2 aromatic rings. The molecule has 0 amide bonds. The van der Waals surface area contributed by atoms with E-state index in [1.54, 1.807) is 0 Å². The minimum atomic E-state index is 0. The van der Waals surface area contributed by atoms with Crippen molar-refractivity contribution in [3.8, 4) is 11.3 Å². The molecule has 6 heteroatoms. The fourth-order valence-electron chi connectivity index (χ4n) is 2.17. The molecule has 24 heavy (non-hydrogen) atoms. The molecule has 0 atom stereocenters. The smallest absolute Gasteiger partial charge is 0.135 e. The summed E-state index contributed by atoms with van der Waals surface area (Å²) in [6, 6.07) is 10.1. The second-order valence-electron chi connectivity index (χ2n) is 5.39. The number of furan rings is 1. The Morgan fingerprint density at radius 2 is 1.88 bits per heavy atom. The van der Waals surface area contributed by atoms with E-state index in [2.05, 4.69) is 44.1 Å². The molecule has 1 heterocycles. The summed E-state index contributed by atoms with van der Waals surface area (Å²) in [6.07, 6.45) is 3.36. The summed E-state index contributed by atoms with van der Waals surface area (Å²) in [5, 5.41) is 3.39. The third kappa shape index (κ3) is 7.28. The largest absolute Gasteiger partial charge is 0.460 e. The van der Waals surface area contributed by atoms with Gasteiger partial charge in [0.2, 0.25) is 0 Å². The van der Waals surface area contributed by atoms with Crippen LogP contribution in [0, 0.1) is 0 Å². The van der Waals surface area contributed by atoms with Crippen LogP contribution in [0.1, 0.15) is 31.9 Å². The summed E-state index contributed by atoms with van der Waals surface area (Å²) in [5.41, 5.74) is 1.06. The fraction of sp³-hybridized carbons (Fsp3) is 0.444.